The van der Waals surface area contributed by atoms with E-state index in [9.17, 15) is 0 Å². The molecule has 1 nitrogen and oxygen atoms in total. The standard InChI is InChI=1S/C20H18ClN/c1-15-3-9-18(10-4-15)22(19-11-5-16(2)6-12-19)20-13-7-17(21)8-14-20/h3-14H,1-2H3. The molecular weight excluding hydrogens is 290 g/mol. The van der Waals surface area contributed by atoms with E-state index in [4.69, 9.17) is 11.6 Å². The number of hydrogen-bond donors (Lipinski definition) is 0. The molecular formula is C20H18ClN. The van der Waals surface area contributed by atoms with Crippen LogP contribution in [0.1, 0.15) is 11.1 Å². The molecule has 0 radical (unpaired) electrons. The van der Waals surface area contributed by atoms with Gasteiger partial charge in [0.05, 0.1) is 0 Å². The van der Waals surface area contributed by atoms with Gasteiger partial charge in [-0.25, -0.2) is 0 Å². The number of aryl methyl sites for hydroxylation is 2. The Kier molecular flexibility index (Phi) is 4.17. The fourth-order valence-corrected chi connectivity index (χ4v) is 2.55. The van der Waals surface area contributed by atoms with E-state index in [0.29, 0.717) is 0 Å². The van der Waals surface area contributed by atoms with Crippen LogP contribution in [0.15, 0.2) is 72.8 Å². The van der Waals surface area contributed by atoms with Crippen molar-refractivity contribution in [3.63, 3.8) is 0 Å². The molecule has 110 valence electrons. The van der Waals surface area contributed by atoms with E-state index in [1.165, 1.54) is 11.1 Å². The van der Waals surface area contributed by atoms with Crippen LogP contribution in [-0.4, -0.2) is 0 Å². The monoisotopic (exact) mass is 307 g/mol. The van der Waals surface area contributed by atoms with Gasteiger partial charge in [-0.1, -0.05) is 47.0 Å². The lowest BCUT2D eigenvalue weighted by molar-refractivity contribution is 1.27. The van der Waals surface area contributed by atoms with Gasteiger partial charge < -0.3 is 4.90 Å². The molecule has 3 rings (SSSR count). The first-order valence-electron chi connectivity index (χ1n) is 7.32. The third-order valence-electron chi connectivity index (χ3n) is 3.67. The molecule has 0 fully saturated rings. The minimum Gasteiger partial charge on any atom is -0.311 e. The Labute approximate surface area is 136 Å². The Hall–Kier alpha value is -2.25. The Morgan fingerprint density at radius 3 is 1.23 bits per heavy atom. The fraction of sp³-hybridized carbons (Fsp3) is 0.100. The number of benzene rings is 3. The lowest BCUT2D eigenvalue weighted by Gasteiger charge is -2.25. The highest BCUT2D eigenvalue weighted by Gasteiger charge is 2.11. The number of rotatable bonds is 3. The van der Waals surface area contributed by atoms with Gasteiger partial charge in [0.25, 0.3) is 0 Å². The molecule has 0 atom stereocenters. The van der Waals surface area contributed by atoms with Crippen molar-refractivity contribution in [1.82, 2.24) is 0 Å². The Bertz CT molecular complexity index is 635. The van der Waals surface area contributed by atoms with E-state index >= 15 is 0 Å². The maximum atomic E-state index is 6.03. The molecule has 0 saturated carbocycles. The van der Waals surface area contributed by atoms with Gasteiger partial charge in [-0.15, -0.1) is 0 Å². The van der Waals surface area contributed by atoms with Crippen molar-refractivity contribution < 1.29 is 0 Å². The van der Waals surface area contributed by atoms with Gasteiger partial charge in [0, 0.05) is 22.1 Å². The van der Waals surface area contributed by atoms with Gasteiger partial charge in [0.15, 0.2) is 0 Å². The van der Waals surface area contributed by atoms with Gasteiger partial charge in [0.2, 0.25) is 0 Å². The summed E-state index contributed by atoms with van der Waals surface area (Å²) in [5, 5.41) is 0.747. The molecule has 22 heavy (non-hydrogen) atoms. The molecule has 0 aliphatic carbocycles. The number of nitrogens with zero attached hydrogens (tertiary/aromatic N) is 1. The van der Waals surface area contributed by atoms with E-state index in [1.807, 2.05) is 24.3 Å². The number of anilines is 3. The zero-order valence-electron chi connectivity index (χ0n) is 12.8. The molecule has 3 aromatic rings. The van der Waals surface area contributed by atoms with Crippen molar-refractivity contribution in [2.45, 2.75) is 13.8 Å². The second-order valence-corrected chi connectivity index (χ2v) is 5.92. The van der Waals surface area contributed by atoms with E-state index < -0.39 is 0 Å². The Balaban J connectivity index is 2.10. The van der Waals surface area contributed by atoms with Gasteiger partial charge in [-0.05, 0) is 62.4 Å². The summed E-state index contributed by atoms with van der Waals surface area (Å²) >= 11 is 6.03. The van der Waals surface area contributed by atoms with Crippen LogP contribution in [0.25, 0.3) is 0 Å². The average molecular weight is 308 g/mol. The van der Waals surface area contributed by atoms with Crippen molar-refractivity contribution in [3.8, 4) is 0 Å². The molecule has 0 amide bonds. The first kappa shape index (κ1) is 14.7. The van der Waals surface area contributed by atoms with Crippen LogP contribution >= 0.6 is 11.6 Å². The smallest absolute Gasteiger partial charge is 0.0462 e. The van der Waals surface area contributed by atoms with Crippen molar-refractivity contribution >= 4 is 28.7 Å². The molecule has 0 aromatic heterocycles. The van der Waals surface area contributed by atoms with Crippen LogP contribution in [0.2, 0.25) is 5.02 Å². The van der Waals surface area contributed by atoms with Crippen LogP contribution in [0.4, 0.5) is 17.1 Å². The number of halogens is 1. The maximum absolute atomic E-state index is 6.03. The van der Waals surface area contributed by atoms with Gasteiger partial charge in [-0.2, -0.15) is 0 Å². The van der Waals surface area contributed by atoms with Crippen molar-refractivity contribution in [2.24, 2.45) is 0 Å². The summed E-state index contributed by atoms with van der Waals surface area (Å²) in [6.07, 6.45) is 0. The minimum atomic E-state index is 0.747. The average Bonchev–Trinajstić information content (AvgIpc) is 2.53. The third kappa shape index (κ3) is 3.15. The Morgan fingerprint density at radius 1 is 0.545 bits per heavy atom. The zero-order valence-corrected chi connectivity index (χ0v) is 13.5. The topological polar surface area (TPSA) is 3.24 Å². The predicted molar refractivity (Wildman–Crippen MR) is 95.6 cm³/mol. The summed E-state index contributed by atoms with van der Waals surface area (Å²) in [4.78, 5) is 2.23. The van der Waals surface area contributed by atoms with E-state index in [0.717, 1.165) is 22.1 Å². The lowest BCUT2D eigenvalue weighted by Crippen LogP contribution is -2.09. The molecule has 0 aliphatic rings. The van der Waals surface area contributed by atoms with Crippen molar-refractivity contribution in [1.29, 1.82) is 0 Å². The summed E-state index contributed by atoms with van der Waals surface area (Å²) in [6.45, 7) is 4.20. The SMILES string of the molecule is Cc1ccc(N(c2ccc(C)cc2)c2ccc(Cl)cc2)cc1. The van der Waals surface area contributed by atoms with Gasteiger partial charge in [-0.3, -0.25) is 0 Å². The molecule has 0 bridgehead atoms. The normalized spacial score (nSPS) is 10.5. The second kappa shape index (κ2) is 6.25. The summed E-state index contributed by atoms with van der Waals surface area (Å²) in [7, 11) is 0. The molecule has 0 aliphatic heterocycles. The van der Waals surface area contributed by atoms with Crippen LogP contribution in [0, 0.1) is 13.8 Å². The van der Waals surface area contributed by atoms with E-state index in [2.05, 4.69) is 67.3 Å². The summed E-state index contributed by atoms with van der Waals surface area (Å²) in [5.41, 5.74) is 5.87. The third-order valence-corrected chi connectivity index (χ3v) is 3.92. The van der Waals surface area contributed by atoms with Crippen molar-refractivity contribution in [2.75, 3.05) is 4.90 Å². The first-order chi connectivity index (χ1) is 10.6. The van der Waals surface area contributed by atoms with Crippen molar-refractivity contribution in [3.05, 3.63) is 88.9 Å². The highest BCUT2D eigenvalue weighted by molar-refractivity contribution is 6.30. The lowest BCUT2D eigenvalue weighted by atomic mass is 10.1. The van der Waals surface area contributed by atoms with E-state index in [-0.39, 0.29) is 0 Å². The molecule has 0 heterocycles. The molecule has 0 unspecified atom stereocenters. The van der Waals surface area contributed by atoms with Gasteiger partial charge in [0.1, 0.15) is 0 Å². The van der Waals surface area contributed by atoms with Crippen LogP contribution < -0.4 is 4.90 Å². The fourth-order valence-electron chi connectivity index (χ4n) is 2.43. The van der Waals surface area contributed by atoms with Crippen LogP contribution in [-0.2, 0) is 0 Å². The summed E-state index contributed by atoms with van der Waals surface area (Å²) in [5.74, 6) is 0. The molecule has 0 spiro atoms. The van der Waals surface area contributed by atoms with Gasteiger partial charge >= 0.3 is 0 Å². The zero-order chi connectivity index (χ0) is 15.5. The van der Waals surface area contributed by atoms with Crippen LogP contribution in [0.5, 0.6) is 0 Å². The summed E-state index contributed by atoms with van der Waals surface area (Å²) < 4.78 is 0. The second-order valence-electron chi connectivity index (χ2n) is 5.48. The van der Waals surface area contributed by atoms with Crippen LogP contribution in [0.3, 0.4) is 0 Å². The molecule has 3 aromatic carbocycles. The quantitative estimate of drug-likeness (QED) is 0.539. The Morgan fingerprint density at radius 2 is 0.864 bits per heavy atom. The molecule has 2 heteroatoms. The maximum Gasteiger partial charge on any atom is 0.0462 e. The number of hydrogen-bond acceptors (Lipinski definition) is 1. The summed E-state index contributed by atoms with van der Waals surface area (Å²) in [6, 6.07) is 25.0. The minimum absolute atomic E-state index is 0.747. The molecule has 0 saturated heterocycles. The first-order valence-corrected chi connectivity index (χ1v) is 7.70. The molecule has 0 N–H and O–H groups in total. The largest absolute Gasteiger partial charge is 0.311 e. The highest BCUT2D eigenvalue weighted by Crippen LogP contribution is 2.35. The predicted octanol–water partition coefficient (Wildman–Crippen LogP) is 6.43. The van der Waals surface area contributed by atoms with E-state index in [1.54, 1.807) is 0 Å². The highest BCUT2D eigenvalue weighted by atomic mass is 35.5.